The van der Waals surface area contributed by atoms with Crippen LogP contribution in [0, 0.1) is 0 Å². The predicted octanol–water partition coefficient (Wildman–Crippen LogP) is 24.0. The highest BCUT2D eigenvalue weighted by molar-refractivity contribution is 5.71. The van der Waals surface area contributed by atoms with E-state index in [-0.39, 0.29) is 37.5 Å². The lowest BCUT2D eigenvalue weighted by Crippen LogP contribution is -2.30. The van der Waals surface area contributed by atoms with Crippen LogP contribution in [-0.4, -0.2) is 37.2 Å². The van der Waals surface area contributed by atoms with Gasteiger partial charge in [-0.3, -0.25) is 14.4 Å². The Hall–Kier alpha value is -3.67. The normalized spacial score (nSPS) is 12.7. The number of carbonyl (C=O) groups is 3. The highest BCUT2D eigenvalue weighted by atomic mass is 16.6. The second kappa shape index (κ2) is 68.8. The fourth-order valence-electron chi connectivity index (χ4n) is 9.89. The molecule has 1 unspecified atom stereocenters. The fourth-order valence-corrected chi connectivity index (χ4v) is 9.89. The Morgan fingerprint density at radius 2 is 0.481 bits per heavy atom. The van der Waals surface area contributed by atoms with E-state index < -0.39 is 6.10 Å². The number of unbranched alkanes of at least 4 members (excludes halogenated alkanes) is 36. The maximum absolute atomic E-state index is 12.9. The lowest BCUT2D eigenvalue weighted by Gasteiger charge is -2.18. The molecule has 6 nitrogen and oxygen atoms in total. The van der Waals surface area contributed by atoms with Crippen LogP contribution in [0.4, 0.5) is 0 Å². The molecule has 0 aliphatic carbocycles. The first-order valence-corrected chi connectivity index (χ1v) is 34.7. The van der Waals surface area contributed by atoms with Crippen molar-refractivity contribution in [2.75, 3.05) is 13.2 Å². The lowest BCUT2D eigenvalue weighted by molar-refractivity contribution is -0.167. The molecule has 0 rings (SSSR count). The average Bonchev–Trinajstić information content (AvgIpc) is 3.46. The van der Waals surface area contributed by atoms with Gasteiger partial charge in [0, 0.05) is 19.3 Å². The van der Waals surface area contributed by atoms with Crippen molar-refractivity contribution in [3.8, 4) is 0 Å². The van der Waals surface area contributed by atoms with Crippen LogP contribution in [0.2, 0.25) is 0 Å². The van der Waals surface area contributed by atoms with Crippen molar-refractivity contribution < 1.29 is 28.6 Å². The maximum Gasteiger partial charge on any atom is 0.306 e. The zero-order valence-electron chi connectivity index (χ0n) is 53.5. The SMILES string of the molecule is CC/C=C\C/C=C\C/C=C\C/C=C\C/C=C\C/C=C\C/C=C\CCCCCC(=O)OC(COC(=O)CCCCCCCCC)COC(=O)CCCCCCCCCCCCCCCCCCCCC/C=C\CCCCCCCCCC. The minimum Gasteiger partial charge on any atom is -0.462 e. The summed E-state index contributed by atoms with van der Waals surface area (Å²) in [5.41, 5.74) is 0. The van der Waals surface area contributed by atoms with Crippen LogP contribution in [0.25, 0.3) is 0 Å². The van der Waals surface area contributed by atoms with Crippen molar-refractivity contribution in [3.05, 3.63) is 97.2 Å². The van der Waals surface area contributed by atoms with Gasteiger partial charge in [-0.05, 0) is 103 Å². The van der Waals surface area contributed by atoms with Gasteiger partial charge in [0.2, 0.25) is 0 Å². The molecule has 0 bridgehead atoms. The standard InChI is InChI=1S/C75H130O6/c1-4-7-10-13-16-18-20-22-24-26-28-30-32-34-35-36-37-38-39-41-42-44-46-48-50-52-54-56-59-62-65-68-74(77)80-71-72(70-79-73(76)67-64-61-58-15-12-9-6-3)81-75(78)69-66-63-60-57-55-53-51-49-47-45-43-40-33-31-29-27-25-23-21-19-17-14-11-8-5-2/h8,11,17,19,23,25-26,28-29,31,40,43,47,49,53,55,72H,4-7,9-10,12-16,18,20-22,24,27,30,32-39,41-42,44-46,48,50-52,54,56-71H2,1-3H3/b11-8-,19-17-,25-23-,28-26-,31-29-,43-40-,49-47-,55-53-. The molecule has 0 N–H and O–H groups in total. The molecule has 0 aromatic heterocycles. The average molecular weight is 1130 g/mol. The molecule has 0 fully saturated rings. The minimum atomic E-state index is -0.793. The van der Waals surface area contributed by atoms with Crippen LogP contribution in [0.1, 0.15) is 342 Å². The van der Waals surface area contributed by atoms with Gasteiger partial charge in [-0.15, -0.1) is 0 Å². The van der Waals surface area contributed by atoms with Crippen molar-refractivity contribution in [3.63, 3.8) is 0 Å². The summed E-state index contributed by atoms with van der Waals surface area (Å²) >= 11 is 0. The zero-order valence-corrected chi connectivity index (χ0v) is 53.5. The van der Waals surface area contributed by atoms with E-state index in [2.05, 4.69) is 118 Å². The number of esters is 3. The molecule has 0 amide bonds. The van der Waals surface area contributed by atoms with E-state index in [1.54, 1.807) is 0 Å². The third-order valence-electron chi connectivity index (χ3n) is 15.1. The molecule has 0 aliphatic rings. The number of hydrogen-bond donors (Lipinski definition) is 0. The largest absolute Gasteiger partial charge is 0.462 e. The number of rotatable bonds is 63. The molecule has 1 atom stereocenters. The maximum atomic E-state index is 12.9. The Balaban J connectivity index is 4.11. The predicted molar refractivity (Wildman–Crippen MR) is 353 cm³/mol. The van der Waals surface area contributed by atoms with Gasteiger partial charge in [-0.1, -0.05) is 317 Å². The topological polar surface area (TPSA) is 78.9 Å². The van der Waals surface area contributed by atoms with E-state index in [1.165, 1.54) is 193 Å². The van der Waals surface area contributed by atoms with Crippen LogP contribution >= 0.6 is 0 Å². The van der Waals surface area contributed by atoms with Gasteiger partial charge in [0.05, 0.1) is 0 Å². The second-order valence-electron chi connectivity index (χ2n) is 23.1. The lowest BCUT2D eigenvalue weighted by atomic mass is 10.0. The molecule has 0 aliphatic heterocycles. The summed E-state index contributed by atoms with van der Waals surface area (Å²) in [4.78, 5) is 38.1. The molecule has 6 heteroatoms. The first-order chi connectivity index (χ1) is 40.0. The quantitative estimate of drug-likeness (QED) is 0.0261. The van der Waals surface area contributed by atoms with E-state index >= 15 is 0 Å². The number of hydrogen-bond acceptors (Lipinski definition) is 6. The first kappa shape index (κ1) is 77.3. The van der Waals surface area contributed by atoms with Gasteiger partial charge in [0.15, 0.2) is 6.10 Å². The molecule has 466 valence electrons. The first-order valence-electron chi connectivity index (χ1n) is 34.7. The van der Waals surface area contributed by atoms with E-state index in [4.69, 9.17) is 14.2 Å². The molecule has 0 aromatic rings. The Bertz CT molecular complexity index is 1580. The van der Waals surface area contributed by atoms with Crippen molar-refractivity contribution in [2.24, 2.45) is 0 Å². The Labute approximate surface area is 502 Å². The third kappa shape index (κ3) is 67.0. The minimum absolute atomic E-state index is 0.0884. The van der Waals surface area contributed by atoms with E-state index in [1.807, 2.05) is 0 Å². The van der Waals surface area contributed by atoms with Crippen LogP contribution in [0.3, 0.4) is 0 Å². The van der Waals surface area contributed by atoms with Crippen molar-refractivity contribution in [1.82, 2.24) is 0 Å². The second-order valence-corrected chi connectivity index (χ2v) is 23.1. The molecule has 0 heterocycles. The summed E-state index contributed by atoms with van der Waals surface area (Å²) < 4.78 is 16.8. The molecular formula is C75H130O6. The fraction of sp³-hybridized carbons (Fsp3) is 0.747. The van der Waals surface area contributed by atoms with Crippen LogP contribution in [0.5, 0.6) is 0 Å². The Morgan fingerprint density at radius 1 is 0.259 bits per heavy atom. The van der Waals surface area contributed by atoms with E-state index in [0.717, 1.165) is 109 Å². The number of ether oxygens (including phenoxy) is 3. The van der Waals surface area contributed by atoms with Gasteiger partial charge in [0.1, 0.15) is 13.2 Å². The zero-order chi connectivity index (χ0) is 58.5. The van der Waals surface area contributed by atoms with E-state index in [9.17, 15) is 14.4 Å². The molecular weight excluding hydrogens is 997 g/mol. The molecule has 0 saturated carbocycles. The van der Waals surface area contributed by atoms with Gasteiger partial charge in [-0.2, -0.15) is 0 Å². The summed E-state index contributed by atoms with van der Waals surface area (Å²) in [6, 6.07) is 0. The van der Waals surface area contributed by atoms with Crippen molar-refractivity contribution >= 4 is 17.9 Å². The summed E-state index contributed by atoms with van der Waals surface area (Å²) in [6.45, 7) is 6.49. The summed E-state index contributed by atoms with van der Waals surface area (Å²) in [6.07, 6.45) is 93.3. The molecule has 0 aromatic carbocycles. The summed E-state index contributed by atoms with van der Waals surface area (Å²) in [5, 5.41) is 0. The van der Waals surface area contributed by atoms with Crippen molar-refractivity contribution in [2.45, 2.75) is 348 Å². The molecule has 81 heavy (non-hydrogen) atoms. The molecule has 0 spiro atoms. The van der Waals surface area contributed by atoms with Gasteiger partial charge in [0.25, 0.3) is 0 Å². The molecule has 0 radical (unpaired) electrons. The van der Waals surface area contributed by atoms with E-state index in [0.29, 0.717) is 12.8 Å². The van der Waals surface area contributed by atoms with Gasteiger partial charge >= 0.3 is 17.9 Å². The highest BCUT2D eigenvalue weighted by Crippen LogP contribution is 2.17. The highest BCUT2D eigenvalue weighted by Gasteiger charge is 2.19. The summed E-state index contributed by atoms with van der Waals surface area (Å²) in [7, 11) is 0. The molecule has 0 saturated heterocycles. The third-order valence-corrected chi connectivity index (χ3v) is 15.1. The van der Waals surface area contributed by atoms with Gasteiger partial charge in [-0.25, -0.2) is 0 Å². The van der Waals surface area contributed by atoms with Crippen LogP contribution < -0.4 is 0 Å². The Morgan fingerprint density at radius 3 is 0.778 bits per heavy atom. The van der Waals surface area contributed by atoms with Crippen molar-refractivity contribution in [1.29, 1.82) is 0 Å². The monoisotopic (exact) mass is 1130 g/mol. The Kier molecular flexibility index (Phi) is 65.7. The summed E-state index contributed by atoms with van der Waals surface area (Å²) in [5.74, 6) is -0.917. The number of carbonyl (C=O) groups excluding carboxylic acids is 3. The van der Waals surface area contributed by atoms with Crippen LogP contribution in [-0.2, 0) is 28.6 Å². The van der Waals surface area contributed by atoms with Crippen LogP contribution in [0.15, 0.2) is 97.2 Å². The smallest absolute Gasteiger partial charge is 0.306 e. The van der Waals surface area contributed by atoms with Gasteiger partial charge < -0.3 is 14.2 Å². The number of allylic oxidation sites excluding steroid dienone is 16.